The number of hydrogen-bond donors (Lipinski definition) is 2. The number of benzene rings is 1. The molecule has 0 aliphatic heterocycles. The van der Waals surface area contributed by atoms with E-state index in [4.69, 9.17) is 10.5 Å². The molecule has 0 saturated heterocycles. The predicted molar refractivity (Wildman–Crippen MR) is 85.4 cm³/mol. The summed E-state index contributed by atoms with van der Waals surface area (Å²) >= 11 is 1.31. The van der Waals surface area contributed by atoms with Gasteiger partial charge in [-0.15, -0.1) is 11.3 Å². The van der Waals surface area contributed by atoms with E-state index in [2.05, 4.69) is 15.0 Å². The minimum atomic E-state index is -2.93. The highest BCUT2D eigenvalue weighted by atomic mass is 32.1. The summed E-state index contributed by atoms with van der Waals surface area (Å²) in [5.74, 6) is -0.186. The Hall–Kier alpha value is -2.26. The first kappa shape index (κ1) is 18.1. The summed E-state index contributed by atoms with van der Waals surface area (Å²) in [6.07, 6.45) is 0. The molecule has 6 nitrogen and oxygen atoms in total. The van der Waals surface area contributed by atoms with Crippen LogP contribution < -0.4 is 20.5 Å². The van der Waals surface area contributed by atoms with Crippen molar-refractivity contribution in [1.82, 2.24) is 10.3 Å². The van der Waals surface area contributed by atoms with Gasteiger partial charge in [0.25, 0.3) is 5.91 Å². The van der Waals surface area contributed by atoms with E-state index in [0.29, 0.717) is 22.9 Å². The Morgan fingerprint density at radius 1 is 1.42 bits per heavy atom. The van der Waals surface area contributed by atoms with Crippen LogP contribution in [0.1, 0.15) is 28.0 Å². The van der Waals surface area contributed by atoms with Crippen LogP contribution in [0, 0.1) is 0 Å². The van der Waals surface area contributed by atoms with Crippen molar-refractivity contribution in [1.29, 1.82) is 0 Å². The number of nitrogens with zero attached hydrogens (tertiary/aromatic N) is 1. The second kappa shape index (κ2) is 8.55. The van der Waals surface area contributed by atoms with Crippen molar-refractivity contribution in [2.45, 2.75) is 26.6 Å². The fourth-order valence-corrected chi connectivity index (χ4v) is 2.56. The topological polar surface area (TPSA) is 86.5 Å². The molecule has 1 aromatic heterocycles. The lowest BCUT2D eigenvalue weighted by molar-refractivity contribution is -0.0514. The molecule has 0 atom stereocenters. The van der Waals surface area contributed by atoms with Gasteiger partial charge in [0, 0.05) is 18.5 Å². The van der Waals surface area contributed by atoms with E-state index in [9.17, 15) is 13.6 Å². The number of carbonyl (C=O) groups excluding carboxylic acids is 1. The highest BCUT2D eigenvalue weighted by molar-refractivity contribution is 7.09. The fourth-order valence-electron chi connectivity index (χ4n) is 1.91. The molecule has 9 heteroatoms. The molecular formula is C15H17F2N3O3S. The molecule has 0 fully saturated rings. The smallest absolute Gasteiger partial charge is 0.387 e. The zero-order chi connectivity index (χ0) is 17.5. The minimum absolute atomic E-state index is 0.0472. The summed E-state index contributed by atoms with van der Waals surface area (Å²) < 4.78 is 34.4. The second-order valence-corrected chi connectivity index (χ2v) is 5.55. The quantitative estimate of drug-likeness (QED) is 0.758. The zero-order valence-electron chi connectivity index (χ0n) is 12.9. The first-order chi connectivity index (χ1) is 11.5. The first-order valence-corrected chi connectivity index (χ1v) is 8.04. The number of nitrogens with two attached hydrogens (primary N) is 1. The van der Waals surface area contributed by atoms with Crippen molar-refractivity contribution >= 4 is 17.2 Å². The molecule has 0 aliphatic rings. The summed E-state index contributed by atoms with van der Waals surface area (Å²) in [5, 5.41) is 5.00. The number of carbonyl (C=O) groups is 1. The van der Waals surface area contributed by atoms with Crippen LogP contribution in [0.4, 0.5) is 8.78 Å². The van der Waals surface area contributed by atoms with Gasteiger partial charge in [0.2, 0.25) is 0 Å². The van der Waals surface area contributed by atoms with Gasteiger partial charge in [-0.2, -0.15) is 8.78 Å². The third-order valence-corrected chi connectivity index (χ3v) is 3.81. The van der Waals surface area contributed by atoms with Gasteiger partial charge in [-0.05, 0) is 24.6 Å². The van der Waals surface area contributed by atoms with Crippen LogP contribution in [0.15, 0.2) is 23.6 Å². The Labute approximate surface area is 141 Å². The van der Waals surface area contributed by atoms with Crippen molar-refractivity contribution in [3.8, 4) is 11.5 Å². The van der Waals surface area contributed by atoms with Crippen molar-refractivity contribution < 1.29 is 23.0 Å². The zero-order valence-corrected chi connectivity index (χ0v) is 13.7. The van der Waals surface area contributed by atoms with Crippen molar-refractivity contribution in [2.75, 3.05) is 6.61 Å². The van der Waals surface area contributed by atoms with E-state index in [1.807, 2.05) is 0 Å². The molecule has 1 amide bonds. The number of amides is 1. The molecule has 1 heterocycles. The number of aromatic nitrogens is 1. The molecular weight excluding hydrogens is 340 g/mol. The van der Waals surface area contributed by atoms with Crippen LogP contribution in [-0.4, -0.2) is 24.1 Å². The van der Waals surface area contributed by atoms with Gasteiger partial charge in [0.05, 0.1) is 6.61 Å². The molecule has 24 heavy (non-hydrogen) atoms. The van der Waals surface area contributed by atoms with Crippen molar-refractivity contribution in [2.24, 2.45) is 5.73 Å². The van der Waals surface area contributed by atoms with Crippen LogP contribution in [0.5, 0.6) is 11.5 Å². The normalized spacial score (nSPS) is 10.7. The van der Waals surface area contributed by atoms with E-state index in [1.54, 1.807) is 24.4 Å². The number of ether oxygens (including phenoxy) is 2. The van der Waals surface area contributed by atoms with Crippen molar-refractivity contribution in [3.63, 3.8) is 0 Å². The first-order valence-electron chi connectivity index (χ1n) is 7.16. The second-order valence-electron chi connectivity index (χ2n) is 4.61. The number of thiazole rings is 1. The van der Waals surface area contributed by atoms with Gasteiger partial charge in [0.1, 0.15) is 10.7 Å². The Morgan fingerprint density at radius 2 is 2.21 bits per heavy atom. The largest absolute Gasteiger partial charge is 0.490 e. The van der Waals surface area contributed by atoms with Gasteiger partial charge in [-0.25, -0.2) is 4.98 Å². The summed E-state index contributed by atoms with van der Waals surface area (Å²) in [5.41, 5.74) is 6.44. The molecule has 130 valence electrons. The maximum absolute atomic E-state index is 12.4. The Balaban J connectivity index is 2.03. The SMILES string of the molecule is CCOc1cc(CNC(=O)c2csc(CN)n2)ccc1OC(F)F. The number of halogens is 2. The number of alkyl halides is 2. The summed E-state index contributed by atoms with van der Waals surface area (Å²) in [7, 11) is 0. The van der Waals surface area contributed by atoms with Crippen LogP contribution in [-0.2, 0) is 13.1 Å². The van der Waals surface area contributed by atoms with Crippen LogP contribution in [0.25, 0.3) is 0 Å². The Morgan fingerprint density at radius 3 is 2.83 bits per heavy atom. The van der Waals surface area contributed by atoms with Gasteiger partial charge < -0.3 is 20.5 Å². The van der Waals surface area contributed by atoms with Crippen LogP contribution >= 0.6 is 11.3 Å². The lowest BCUT2D eigenvalue weighted by atomic mass is 10.2. The maximum atomic E-state index is 12.4. The standard InChI is InChI=1S/C15H17F2N3O3S/c1-2-22-12-5-9(3-4-11(12)23-15(16)17)7-19-14(21)10-8-24-13(6-18)20-10/h3-5,8,15H,2,6-7,18H2,1H3,(H,19,21). The van der Waals surface area contributed by atoms with Gasteiger partial charge in [-0.3, -0.25) is 4.79 Å². The van der Waals surface area contributed by atoms with E-state index in [1.165, 1.54) is 17.4 Å². The molecule has 0 radical (unpaired) electrons. The highest BCUT2D eigenvalue weighted by Crippen LogP contribution is 2.29. The molecule has 2 rings (SSSR count). The lowest BCUT2D eigenvalue weighted by Gasteiger charge is -2.13. The number of hydrogen-bond acceptors (Lipinski definition) is 6. The predicted octanol–water partition coefficient (Wildman–Crippen LogP) is 2.53. The molecule has 0 bridgehead atoms. The van der Waals surface area contributed by atoms with E-state index in [0.717, 1.165) is 0 Å². The number of rotatable bonds is 8. The Kier molecular flexibility index (Phi) is 6.44. The molecule has 0 saturated carbocycles. The average Bonchev–Trinajstić information content (AvgIpc) is 3.03. The third-order valence-electron chi connectivity index (χ3n) is 2.94. The van der Waals surface area contributed by atoms with Crippen LogP contribution in [0.3, 0.4) is 0 Å². The highest BCUT2D eigenvalue weighted by Gasteiger charge is 2.13. The Bertz CT molecular complexity index is 694. The lowest BCUT2D eigenvalue weighted by Crippen LogP contribution is -2.23. The van der Waals surface area contributed by atoms with E-state index >= 15 is 0 Å². The molecule has 0 aliphatic carbocycles. The molecule has 2 aromatic rings. The minimum Gasteiger partial charge on any atom is -0.490 e. The summed E-state index contributed by atoms with van der Waals surface area (Å²) in [4.78, 5) is 16.1. The maximum Gasteiger partial charge on any atom is 0.387 e. The third kappa shape index (κ3) is 4.87. The summed E-state index contributed by atoms with van der Waals surface area (Å²) in [6.45, 7) is -0.422. The number of nitrogens with one attached hydrogen (secondary N) is 1. The van der Waals surface area contributed by atoms with E-state index < -0.39 is 6.61 Å². The average molecular weight is 357 g/mol. The van der Waals surface area contributed by atoms with Gasteiger partial charge in [-0.1, -0.05) is 6.07 Å². The van der Waals surface area contributed by atoms with Gasteiger partial charge >= 0.3 is 6.61 Å². The summed E-state index contributed by atoms with van der Waals surface area (Å²) in [6, 6.07) is 4.51. The molecule has 1 aromatic carbocycles. The molecule has 0 spiro atoms. The van der Waals surface area contributed by atoms with Crippen LogP contribution in [0.2, 0.25) is 0 Å². The van der Waals surface area contributed by atoms with Gasteiger partial charge in [0.15, 0.2) is 11.5 Å². The molecule has 0 unspecified atom stereocenters. The monoisotopic (exact) mass is 357 g/mol. The van der Waals surface area contributed by atoms with E-state index in [-0.39, 0.29) is 30.5 Å². The molecule has 3 N–H and O–H groups in total. The van der Waals surface area contributed by atoms with Crippen molar-refractivity contribution in [3.05, 3.63) is 39.8 Å². The fraction of sp³-hybridized carbons (Fsp3) is 0.333.